The summed E-state index contributed by atoms with van der Waals surface area (Å²) in [4.78, 5) is 12.1. The van der Waals surface area contributed by atoms with Crippen molar-refractivity contribution in [1.29, 1.82) is 0 Å². The SMILES string of the molecule is [2H]C([2H])([2H])N([14CH3])C(=O)Nc1ccc(Cl)cc1. The van der Waals surface area contributed by atoms with Crippen LogP contribution in [0.4, 0.5) is 10.5 Å². The summed E-state index contributed by atoms with van der Waals surface area (Å²) in [7, 11) is 1.21. The topological polar surface area (TPSA) is 32.3 Å². The van der Waals surface area contributed by atoms with E-state index in [1.165, 1.54) is 7.05 Å². The number of benzene rings is 1. The van der Waals surface area contributed by atoms with Gasteiger partial charge in [0.05, 0.1) is 0 Å². The van der Waals surface area contributed by atoms with Gasteiger partial charge in [-0.05, 0) is 24.3 Å². The molecule has 0 bridgehead atoms. The van der Waals surface area contributed by atoms with Crippen LogP contribution in [0.5, 0.6) is 0 Å². The summed E-state index contributed by atoms with van der Waals surface area (Å²) in [6.07, 6.45) is 0. The number of urea groups is 1. The predicted molar refractivity (Wildman–Crippen MR) is 54.2 cm³/mol. The van der Waals surface area contributed by atoms with E-state index in [-0.39, 0.29) is 0 Å². The van der Waals surface area contributed by atoms with Gasteiger partial charge in [0.1, 0.15) is 0 Å². The molecule has 0 saturated heterocycles. The highest BCUT2D eigenvalue weighted by molar-refractivity contribution is 6.30. The van der Waals surface area contributed by atoms with Gasteiger partial charge >= 0.3 is 6.03 Å². The summed E-state index contributed by atoms with van der Waals surface area (Å²) in [6.45, 7) is -2.45. The summed E-state index contributed by atoms with van der Waals surface area (Å²) in [6, 6.07) is 5.70. The molecule has 1 rings (SSSR count). The van der Waals surface area contributed by atoms with E-state index in [4.69, 9.17) is 15.7 Å². The second kappa shape index (κ2) is 4.14. The van der Waals surface area contributed by atoms with Crippen LogP contribution in [0.3, 0.4) is 0 Å². The Bertz CT molecular complexity index is 377. The Labute approximate surface area is 86.5 Å². The molecule has 13 heavy (non-hydrogen) atoms. The van der Waals surface area contributed by atoms with Gasteiger partial charge in [0, 0.05) is 28.8 Å². The first-order valence-electron chi connectivity index (χ1n) is 5.11. The van der Waals surface area contributed by atoms with E-state index in [0.717, 1.165) is 0 Å². The Kier molecular flexibility index (Phi) is 2.00. The molecule has 3 nitrogen and oxygen atoms in total. The fourth-order valence-electron chi connectivity index (χ4n) is 0.741. The number of hydrogen-bond donors (Lipinski definition) is 1. The Morgan fingerprint density at radius 1 is 1.62 bits per heavy atom. The minimum absolute atomic E-state index is 0.491. The Morgan fingerprint density at radius 2 is 2.23 bits per heavy atom. The summed E-state index contributed by atoms with van der Waals surface area (Å²) < 4.78 is 21.1. The molecule has 0 aromatic heterocycles. The molecule has 0 spiro atoms. The van der Waals surface area contributed by atoms with E-state index < -0.39 is 13.0 Å². The smallest absolute Gasteiger partial charge is 0.321 e. The predicted octanol–water partition coefficient (Wildman–Crippen LogP) is 2.43. The van der Waals surface area contributed by atoms with Crippen molar-refractivity contribution in [2.45, 2.75) is 0 Å². The van der Waals surface area contributed by atoms with Crippen molar-refractivity contribution in [3.8, 4) is 0 Å². The number of rotatable bonds is 1. The van der Waals surface area contributed by atoms with Gasteiger partial charge in [-0.25, -0.2) is 4.79 Å². The van der Waals surface area contributed by atoms with Gasteiger partial charge in [0.25, 0.3) is 0 Å². The minimum atomic E-state index is -2.45. The van der Waals surface area contributed by atoms with Crippen molar-refractivity contribution in [2.24, 2.45) is 0 Å². The molecular weight excluding hydrogens is 190 g/mol. The Hall–Kier alpha value is -1.22. The lowest BCUT2D eigenvalue weighted by molar-refractivity contribution is 0.230. The van der Waals surface area contributed by atoms with E-state index in [9.17, 15) is 4.79 Å². The van der Waals surface area contributed by atoms with Crippen molar-refractivity contribution in [2.75, 3.05) is 19.3 Å². The van der Waals surface area contributed by atoms with E-state index in [1.807, 2.05) is 0 Å². The summed E-state index contributed by atoms with van der Waals surface area (Å²) in [5, 5.41) is 2.99. The van der Waals surface area contributed by atoms with Crippen molar-refractivity contribution >= 4 is 23.3 Å². The van der Waals surface area contributed by atoms with Crippen molar-refractivity contribution < 1.29 is 8.91 Å². The number of halogens is 1. The molecule has 0 aliphatic rings. The highest BCUT2D eigenvalue weighted by Crippen LogP contribution is 2.13. The third kappa shape index (κ3) is 2.95. The van der Waals surface area contributed by atoms with E-state index in [2.05, 4.69) is 5.32 Å². The maximum absolute atomic E-state index is 11.5. The third-order valence-corrected chi connectivity index (χ3v) is 1.65. The number of hydrogen-bond acceptors (Lipinski definition) is 1. The maximum Gasteiger partial charge on any atom is 0.321 e. The number of amides is 2. The average molecular weight is 204 g/mol. The number of nitrogens with zero attached hydrogens (tertiary/aromatic N) is 1. The van der Waals surface area contributed by atoms with Gasteiger partial charge in [0.15, 0.2) is 0 Å². The number of anilines is 1. The monoisotopic (exact) mass is 203 g/mol. The van der Waals surface area contributed by atoms with Crippen molar-refractivity contribution in [3.05, 3.63) is 29.3 Å². The van der Waals surface area contributed by atoms with Crippen LogP contribution in [0.15, 0.2) is 24.3 Å². The van der Waals surface area contributed by atoms with E-state index in [1.54, 1.807) is 24.3 Å². The second-order valence-corrected chi connectivity index (χ2v) is 2.93. The van der Waals surface area contributed by atoms with Crippen LogP contribution < -0.4 is 5.32 Å². The lowest BCUT2D eigenvalue weighted by atomic mass is 10.3. The molecule has 70 valence electrons. The first-order valence-corrected chi connectivity index (χ1v) is 3.99. The van der Waals surface area contributed by atoms with E-state index in [0.29, 0.717) is 15.6 Å². The Morgan fingerprint density at radius 3 is 2.77 bits per heavy atom. The molecule has 1 N–H and O–H groups in total. The largest absolute Gasteiger partial charge is 0.331 e. The molecule has 0 unspecified atom stereocenters. The first kappa shape index (κ1) is 6.27. The molecule has 0 saturated carbocycles. The maximum atomic E-state index is 11.5. The van der Waals surface area contributed by atoms with Gasteiger partial charge < -0.3 is 10.2 Å². The van der Waals surface area contributed by atoms with Crippen LogP contribution in [0, 0.1) is 0 Å². The summed E-state index contributed by atoms with van der Waals surface area (Å²) in [5.74, 6) is 0. The lowest BCUT2D eigenvalue weighted by Gasteiger charge is -2.11. The second-order valence-electron chi connectivity index (χ2n) is 2.50. The molecule has 0 fully saturated rings. The molecule has 0 aliphatic heterocycles. The lowest BCUT2D eigenvalue weighted by Crippen LogP contribution is -2.27. The van der Waals surface area contributed by atoms with Crippen molar-refractivity contribution in [3.63, 3.8) is 0 Å². The van der Waals surface area contributed by atoms with Gasteiger partial charge in [-0.1, -0.05) is 11.6 Å². The number of nitrogens with one attached hydrogen (secondary N) is 1. The highest BCUT2D eigenvalue weighted by atomic mass is 35.5. The molecular formula is C9H11ClN2O. The molecule has 0 aliphatic carbocycles. The van der Waals surface area contributed by atoms with Crippen LogP contribution in [-0.4, -0.2) is 25.0 Å². The molecule has 1 aromatic carbocycles. The van der Waals surface area contributed by atoms with Crippen LogP contribution >= 0.6 is 11.6 Å². The van der Waals surface area contributed by atoms with Gasteiger partial charge in [-0.15, -0.1) is 0 Å². The normalized spacial score (nSPS) is 13.8. The zero-order valence-electron chi connectivity index (χ0n) is 10.0. The fraction of sp³-hybridized carbons (Fsp3) is 0.222. The van der Waals surface area contributed by atoms with Crippen LogP contribution in [0.2, 0.25) is 5.02 Å². The molecule has 2 amide bonds. The van der Waals surface area contributed by atoms with Gasteiger partial charge in [-0.3, -0.25) is 0 Å². The summed E-state index contributed by atoms with van der Waals surface area (Å²) in [5.41, 5.74) is 0.491. The molecule has 0 radical (unpaired) electrons. The van der Waals surface area contributed by atoms with Crippen molar-refractivity contribution in [1.82, 2.24) is 4.90 Å². The van der Waals surface area contributed by atoms with Gasteiger partial charge in [0.2, 0.25) is 0 Å². The zero-order chi connectivity index (χ0) is 12.3. The van der Waals surface area contributed by atoms with Gasteiger partial charge in [-0.2, -0.15) is 0 Å². The van der Waals surface area contributed by atoms with E-state index >= 15 is 0 Å². The Balaban J connectivity index is 2.68. The third-order valence-electron chi connectivity index (χ3n) is 1.40. The summed E-state index contributed by atoms with van der Waals surface area (Å²) >= 11 is 5.67. The van der Waals surface area contributed by atoms with Crippen LogP contribution in [0.25, 0.3) is 0 Å². The number of carbonyl (C=O) groups excluding carboxylic acids is 1. The highest BCUT2D eigenvalue weighted by Gasteiger charge is 2.02. The van der Waals surface area contributed by atoms with Crippen LogP contribution in [-0.2, 0) is 0 Å². The molecule has 0 atom stereocenters. The standard InChI is InChI=1S/C9H11ClN2O/c1-12(2)9(13)11-8-5-3-7(10)4-6-8/h3-6H,1-2H3,(H,11,13)/i1D3,2+2. The molecule has 4 heteroatoms. The molecule has 1 aromatic rings. The quantitative estimate of drug-likeness (QED) is 0.747. The number of carbonyl (C=O) groups is 1. The zero-order valence-corrected chi connectivity index (χ0v) is 7.80. The van der Waals surface area contributed by atoms with Crippen LogP contribution in [0.1, 0.15) is 4.11 Å². The minimum Gasteiger partial charge on any atom is -0.331 e. The fourth-order valence-corrected chi connectivity index (χ4v) is 0.867. The molecule has 0 heterocycles. The first-order chi connectivity index (χ1) is 7.30. The average Bonchev–Trinajstić information content (AvgIpc) is 2.19.